The van der Waals surface area contributed by atoms with Gasteiger partial charge < -0.3 is 5.32 Å². The van der Waals surface area contributed by atoms with E-state index in [9.17, 15) is 14.4 Å². The van der Waals surface area contributed by atoms with Crippen LogP contribution in [-0.2, 0) is 14.4 Å². The van der Waals surface area contributed by atoms with Crippen molar-refractivity contribution < 1.29 is 14.4 Å². The van der Waals surface area contributed by atoms with Gasteiger partial charge in [-0.05, 0) is 47.3 Å². The molecule has 1 aromatic rings. The van der Waals surface area contributed by atoms with Crippen LogP contribution in [0.2, 0.25) is 0 Å². The van der Waals surface area contributed by atoms with E-state index in [2.05, 4.69) is 26.2 Å². The molecule has 7 heteroatoms. The molecule has 1 N–H and O–H groups in total. The first kappa shape index (κ1) is 18.0. The first-order chi connectivity index (χ1) is 11.5. The Morgan fingerprint density at radius 1 is 1.12 bits per heavy atom. The SMILES string of the molecule is CN1C(=O)C2(C)CC(C)(C(=O)Nc3ccc(Br)cn3)CC(C)(C2)C1=O. The number of piperidine rings is 1. The molecule has 2 atom stereocenters. The van der Waals surface area contributed by atoms with Gasteiger partial charge in [-0.15, -0.1) is 0 Å². The maximum absolute atomic E-state index is 13.0. The topological polar surface area (TPSA) is 79.4 Å². The van der Waals surface area contributed by atoms with E-state index >= 15 is 0 Å². The van der Waals surface area contributed by atoms with E-state index in [0.717, 1.165) is 4.47 Å². The summed E-state index contributed by atoms with van der Waals surface area (Å²) in [4.78, 5) is 43.7. The van der Waals surface area contributed by atoms with Crippen LogP contribution in [0.4, 0.5) is 5.82 Å². The summed E-state index contributed by atoms with van der Waals surface area (Å²) in [7, 11) is 1.54. The van der Waals surface area contributed by atoms with Crippen molar-refractivity contribution in [2.75, 3.05) is 12.4 Å². The van der Waals surface area contributed by atoms with Crippen molar-refractivity contribution in [3.63, 3.8) is 0 Å². The molecule has 2 bridgehead atoms. The molecule has 1 aromatic heterocycles. The van der Waals surface area contributed by atoms with Crippen LogP contribution in [0.1, 0.15) is 40.0 Å². The van der Waals surface area contributed by atoms with E-state index in [0.29, 0.717) is 25.1 Å². The number of nitrogens with one attached hydrogen (secondary N) is 1. The molecule has 3 rings (SSSR count). The van der Waals surface area contributed by atoms with Gasteiger partial charge in [0, 0.05) is 34.0 Å². The van der Waals surface area contributed by atoms with E-state index in [4.69, 9.17) is 0 Å². The summed E-state index contributed by atoms with van der Waals surface area (Å²) >= 11 is 3.31. The van der Waals surface area contributed by atoms with Crippen LogP contribution in [0.3, 0.4) is 0 Å². The van der Waals surface area contributed by atoms with Gasteiger partial charge in [-0.3, -0.25) is 19.3 Å². The molecule has 1 saturated heterocycles. The van der Waals surface area contributed by atoms with Crippen molar-refractivity contribution in [1.82, 2.24) is 9.88 Å². The summed E-state index contributed by atoms with van der Waals surface area (Å²) in [6.45, 7) is 5.56. The van der Waals surface area contributed by atoms with Gasteiger partial charge in [0.2, 0.25) is 17.7 Å². The number of pyridine rings is 1. The van der Waals surface area contributed by atoms with E-state index in [-0.39, 0.29) is 17.7 Å². The highest BCUT2D eigenvalue weighted by Gasteiger charge is 2.62. The molecule has 6 nitrogen and oxygen atoms in total. The number of likely N-dealkylation sites (tertiary alicyclic amines) is 1. The molecule has 2 unspecified atom stereocenters. The molecular weight excluding hydrogens is 386 g/mol. The summed E-state index contributed by atoms with van der Waals surface area (Å²) in [6.07, 6.45) is 2.92. The smallest absolute Gasteiger partial charge is 0.234 e. The van der Waals surface area contributed by atoms with Crippen molar-refractivity contribution in [2.45, 2.75) is 40.0 Å². The predicted octanol–water partition coefficient (Wildman–Crippen LogP) is 2.98. The van der Waals surface area contributed by atoms with E-state index < -0.39 is 16.2 Å². The average molecular weight is 408 g/mol. The number of carbonyl (C=O) groups is 3. The fourth-order valence-electron chi connectivity index (χ4n) is 4.85. The van der Waals surface area contributed by atoms with E-state index in [1.165, 1.54) is 11.9 Å². The number of imide groups is 1. The number of amides is 3. The van der Waals surface area contributed by atoms with Gasteiger partial charge in [-0.1, -0.05) is 20.8 Å². The van der Waals surface area contributed by atoms with Crippen molar-refractivity contribution in [3.05, 3.63) is 22.8 Å². The normalized spacial score (nSPS) is 34.8. The standard InChI is InChI=1S/C18H22BrN3O3/c1-16(13(23)21-12-6-5-11(19)7-20-12)8-17(2)10-18(3,9-16)15(25)22(4)14(17)24/h5-7H,8-10H2,1-4H3,(H,20,21,23). The lowest BCUT2D eigenvalue weighted by Crippen LogP contribution is -2.63. The lowest BCUT2D eigenvalue weighted by Gasteiger charge is -2.55. The zero-order valence-electron chi connectivity index (χ0n) is 14.9. The Morgan fingerprint density at radius 3 is 2.16 bits per heavy atom. The van der Waals surface area contributed by atoms with E-state index in [1.54, 1.807) is 18.3 Å². The molecule has 2 heterocycles. The van der Waals surface area contributed by atoms with Crippen LogP contribution in [-0.4, -0.2) is 34.7 Å². The molecular formula is C18H22BrN3O3. The minimum Gasteiger partial charge on any atom is -0.310 e. The summed E-state index contributed by atoms with van der Waals surface area (Å²) in [5.74, 6) is -0.147. The second-order valence-corrected chi connectivity index (χ2v) is 9.11. The Bertz CT molecular complexity index is 733. The number of carbonyl (C=O) groups excluding carboxylic acids is 3. The Labute approximate surface area is 155 Å². The van der Waals surface area contributed by atoms with Crippen LogP contribution in [0.5, 0.6) is 0 Å². The van der Waals surface area contributed by atoms with Gasteiger partial charge in [0.05, 0.1) is 0 Å². The predicted molar refractivity (Wildman–Crippen MR) is 96.5 cm³/mol. The summed E-state index contributed by atoms with van der Waals surface area (Å²) < 4.78 is 0.822. The van der Waals surface area contributed by atoms with Crippen molar-refractivity contribution in [1.29, 1.82) is 0 Å². The molecule has 0 aromatic carbocycles. The molecule has 0 spiro atoms. The second-order valence-electron chi connectivity index (χ2n) is 8.20. The summed E-state index contributed by atoms with van der Waals surface area (Å²) in [6, 6.07) is 3.51. The van der Waals surface area contributed by atoms with Gasteiger partial charge in [-0.2, -0.15) is 0 Å². The van der Waals surface area contributed by atoms with Crippen molar-refractivity contribution >= 4 is 39.5 Å². The molecule has 0 radical (unpaired) electrons. The lowest BCUT2D eigenvalue weighted by molar-refractivity contribution is -0.177. The highest BCUT2D eigenvalue weighted by Crippen LogP contribution is 2.58. The highest BCUT2D eigenvalue weighted by atomic mass is 79.9. The third kappa shape index (κ3) is 2.88. The largest absolute Gasteiger partial charge is 0.310 e. The minimum atomic E-state index is -0.816. The number of fused-ring (bicyclic) bond motifs is 2. The van der Waals surface area contributed by atoms with Crippen LogP contribution in [0, 0.1) is 16.2 Å². The van der Waals surface area contributed by atoms with Gasteiger partial charge in [0.25, 0.3) is 0 Å². The van der Waals surface area contributed by atoms with Gasteiger partial charge in [-0.25, -0.2) is 4.98 Å². The third-order valence-corrected chi connectivity index (χ3v) is 5.97. The maximum atomic E-state index is 13.0. The number of rotatable bonds is 2. The third-order valence-electron chi connectivity index (χ3n) is 5.50. The first-order valence-electron chi connectivity index (χ1n) is 8.25. The molecule has 1 saturated carbocycles. The fraction of sp³-hybridized carbons (Fsp3) is 0.556. The Morgan fingerprint density at radius 2 is 1.68 bits per heavy atom. The first-order valence-corrected chi connectivity index (χ1v) is 9.04. The monoisotopic (exact) mass is 407 g/mol. The van der Waals surface area contributed by atoms with Crippen LogP contribution in [0.15, 0.2) is 22.8 Å². The van der Waals surface area contributed by atoms with Gasteiger partial charge in [0.15, 0.2) is 0 Å². The van der Waals surface area contributed by atoms with Crippen LogP contribution < -0.4 is 5.32 Å². The Kier molecular flexibility index (Phi) is 4.06. The van der Waals surface area contributed by atoms with E-state index in [1.807, 2.05) is 20.8 Å². The quantitative estimate of drug-likeness (QED) is 0.764. The second kappa shape index (κ2) is 5.62. The van der Waals surface area contributed by atoms with Crippen LogP contribution >= 0.6 is 15.9 Å². The minimum absolute atomic E-state index is 0.199. The highest BCUT2D eigenvalue weighted by molar-refractivity contribution is 9.10. The number of halogens is 1. The number of hydrogen-bond acceptors (Lipinski definition) is 4. The molecule has 2 aliphatic rings. The number of aromatic nitrogens is 1. The van der Waals surface area contributed by atoms with Crippen molar-refractivity contribution in [3.8, 4) is 0 Å². The molecule has 3 amide bonds. The Balaban J connectivity index is 1.91. The number of nitrogens with zero attached hydrogens (tertiary/aromatic N) is 2. The van der Waals surface area contributed by atoms with Gasteiger partial charge in [0.1, 0.15) is 5.82 Å². The number of anilines is 1. The molecule has 2 fully saturated rings. The zero-order chi connectivity index (χ0) is 18.6. The van der Waals surface area contributed by atoms with Crippen molar-refractivity contribution in [2.24, 2.45) is 16.2 Å². The molecule has 25 heavy (non-hydrogen) atoms. The summed E-state index contributed by atoms with van der Waals surface area (Å²) in [5, 5.41) is 2.84. The zero-order valence-corrected chi connectivity index (χ0v) is 16.4. The molecule has 1 aliphatic carbocycles. The number of hydrogen-bond donors (Lipinski definition) is 1. The summed E-state index contributed by atoms with van der Waals surface area (Å²) in [5.41, 5.74) is -2.24. The van der Waals surface area contributed by atoms with Crippen LogP contribution in [0.25, 0.3) is 0 Å². The fourth-order valence-corrected chi connectivity index (χ4v) is 5.09. The van der Waals surface area contributed by atoms with Gasteiger partial charge >= 0.3 is 0 Å². The maximum Gasteiger partial charge on any atom is 0.234 e. The average Bonchev–Trinajstić information content (AvgIpc) is 2.52. The molecule has 1 aliphatic heterocycles. The molecule has 134 valence electrons. The Hall–Kier alpha value is -1.76. The lowest BCUT2D eigenvalue weighted by atomic mass is 9.51.